The van der Waals surface area contributed by atoms with Crippen LogP contribution >= 0.6 is 0 Å². The molecule has 0 amide bonds. The molecule has 0 saturated heterocycles. The summed E-state index contributed by atoms with van der Waals surface area (Å²) in [7, 11) is 1.79. The number of aromatic amines is 1. The lowest BCUT2D eigenvalue weighted by molar-refractivity contribution is 0.0956. The van der Waals surface area contributed by atoms with E-state index in [4.69, 9.17) is 0 Å². The van der Waals surface area contributed by atoms with E-state index in [1.165, 1.54) is 0 Å². The summed E-state index contributed by atoms with van der Waals surface area (Å²) in [4.78, 5) is 15.1. The topological polar surface area (TPSA) is 44.9 Å². The zero-order chi connectivity index (χ0) is 10.8. The normalized spacial score (nSPS) is 12.9. The quantitative estimate of drug-likeness (QED) is 0.747. The highest BCUT2D eigenvalue weighted by atomic mass is 16.1. The fraction of sp³-hybridized carbons (Fsp3) is 0.250. The molecule has 0 bridgehead atoms. The molecule has 0 aliphatic rings. The molecule has 3 nitrogen and oxygen atoms in total. The van der Waals surface area contributed by atoms with E-state index < -0.39 is 0 Å². The van der Waals surface area contributed by atoms with Crippen LogP contribution in [0.1, 0.15) is 17.3 Å². The minimum absolute atomic E-state index is 0.120. The third-order valence-corrected chi connectivity index (χ3v) is 2.68. The van der Waals surface area contributed by atoms with Gasteiger partial charge in [0, 0.05) is 22.7 Å². The van der Waals surface area contributed by atoms with Crippen molar-refractivity contribution in [1.29, 1.82) is 0 Å². The van der Waals surface area contributed by atoms with Gasteiger partial charge in [-0.3, -0.25) is 4.79 Å². The predicted molar refractivity (Wildman–Crippen MR) is 61.2 cm³/mol. The van der Waals surface area contributed by atoms with Gasteiger partial charge >= 0.3 is 0 Å². The number of para-hydroxylation sites is 1. The Morgan fingerprint density at radius 1 is 1.40 bits per heavy atom. The van der Waals surface area contributed by atoms with Crippen LogP contribution in [0.5, 0.6) is 0 Å². The van der Waals surface area contributed by atoms with Crippen molar-refractivity contribution in [2.24, 2.45) is 0 Å². The number of hydrogen-bond acceptors (Lipinski definition) is 2. The fourth-order valence-corrected chi connectivity index (χ4v) is 1.64. The largest absolute Gasteiger partial charge is 0.360 e. The Balaban J connectivity index is 2.48. The smallest absolute Gasteiger partial charge is 0.181 e. The lowest BCUT2D eigenvalue weighted by atomic mass is 10.0. The van der Waals surface area contributed by atoms with Crippen LogP contribution in [0.15, 0.2) is 30.5 Å². The number of likely N-dealkylation sites (N-methyl/N-ethyl adjacent to an activating group) is 1. The lowest BCUT2D eigenvalue weighted by Gasteiger charge is -2.07. The Kier molecular flexibility index (Phi) is 2.56. The first-order valence-electron chi connectivity index (χ1n) is 5.01. The summed E-state index contributed by atoms with van der Waals surface area (Å²) in [6.45, 7) is 1.87. The molecule has 2 rings (SSSR count). The zero-order valence-corrected chi connectivity index (χ0v) is 8.87. The molecule has 0 aliphatic heterocycles. The average molecular weight is 202 g/mol. The van der Waals surface area contributed by atoms with Crippen LogP contribution in [0.2, 0.25) is 0 Å². The maximum absolute atomic E-state index is 12.0. The van der Waals surface area contributed by atoms with Crippen LogP contribution in [0.4, 0.5) is 0 Å². The number of aromatic nitrogens is 1. The molecule has 2 aromatic rings. The highest BCUT2D eigenvalue weighted by Gasteiger charge is 2.16. The van der Waals surface area contributed by atoms with Gasteiger partial charge in [-0.25, -0.2) is 0 Å². The van der Waals surface area contributed by atoms with E-state index in [1.807, 2.05) is 31.2 Å². The molecule has 15 heavy (non-hydrogen) atoms. The van der Waals surface area contributed by atoms with E-state index in [0.717, 1.165) is 16.5 Å². The van der Waals surface area contributed by atoms with E-state index >= 15 is 0 Å². The van der Waals surface area contributed by atoms with Crippen molar-refractivity contribution in [3.05, 3.63) is 36.0 Å². The van der Waals surface area contributed by atoms with Crippen molar-refractivity contribution in [1.82, 2.24) is 10.3 Å². The van der Waals surface area contributed by atoms with Gasteiger partial charge < -0.3 is 10.3 Å². The summed E-state index contributed by atoms with van der Waals surface area (Å²) in [6, 6.07) is 7.67. The number of Topliss-reactive ketones (excluding diaryl/α,β-unsaturated/α-hetero) is 1. The van der Waals surface area contributed by atoms with E-state index in [-0.39, 0.29) is 11.8 Å². The molecule has 0 spiro atoms. The van der Waals surface area contributed by atoms with Crippen molar-refractivity contribution < 1.29 is 4.79 Å². The van der Waals surface area contributed by atoms with Crippen LogP contribution in [0, 0.1) is 0 Å². The molecule has 1 unspecified atom stereocenters. The van der Waals surface area contributed by atoms with Crippen molar-refractivity contribution in [3.63, 3.8) is 0 Å². The Hall–Kier alpha value is -1.61. The second-order valence-electron chi connectivity index (χ2n) is 3.62. The summed E-state index contributed by atoms with van der Waals surface area (Å²) < 4.78 is 0. The van der Waals surface area contributed by atoms with Crippen LogP contribution < -0.4 is 5.32 Å². The zero-order valence-electron chi connectivity index (χ0n) is 8.87. The van der Waals surface area contributed by atoms with Gasteiger partial charge in [0.05, 0.1) is 6.04 Å². The van der Waals surface area contributed by atoms with Crippen molar-refractivity contribution in [2.45, 2.75) is 13.0 Å². The Bertz CT molecular complexity index is 487. The summed E-state index contributed by atoms with van der Waals surface area (Å²) in [5, 5.41) is 3.94. The van der Waals surface area contributed by atoms with Gasteiger partial charge in [0.1, 0.15) is 0 Å². The number of rotatable bonds is 3. The summed E-state index contributed by atoms with van der Waals surface area (Å²) >= 11 is 0. The van der Waals surface area contributed by atoms with Gasteiger partial charge in [-0.15, -0.1) is 0 Å². The standard InChI is InChI=1S/C12H14N2O/c1-8(13-2)12(15)10-7-14-11-6-4-3-5-9(10)11/h3-8,13-14H,1-2H3. The lowest BCUT2D eigenvalue weighted by Crippen LogP contribution is -2.30. The van der Waals surface area contributed by atoms with Crippen molar-refractivity contribution in [3.8, 4) is 0 Å². The van der Waals surface area contributed by atoms with Crippen LogP contribution in [0.25, 0.3) is 10.9 Å². The van der Waals surface area contributed by atoms with E-state index in [0.29, 0.717) is 0 Å². The molecule has 2 N–H and O–H groups in total. The molecule has 1 aromatic heterocycles. The second-order valence-corrected chi connectivity index (χ2v) is 3.62. The number of H-pyrrole nitrogens is 1. The third-order valence-electron chi connectivity index (χ3n) is 2.68. The molecule has 0 aliphatic carbocycles. The molecular weight excluding hydrogens is 188 g/mol. The van der Waals surface area contributed by atoms with Gasteiger partial charge in [-0.1, -0.05) is 18.2 Å². The Morgan fingerprint density at radius 3 is 2.87 bits per heavy atom. The van der Waals surface area contributed by atoms with Crippen LogP contribution in [-0.4, -0.2) is 23.9 Å². The number of carbonyl (C=O) groups is 1. The number of ketones is 1. The minimum atomic E-state index is -0.149. The Morgan fingerprint density at radius 2 is 2.13 bits per heavy atom. The Labute approximate surface area is 88.5 Å². The average Bonchev–Trinajstić information content (AvgIpc) is 2.70. The maximum atomic E-state index is 12.0. The number of carbonyl (C=O) groups excluding carboxylic acids is 1. The molecular formula is C12H14N2O. The first kappa shape index (κ1) is 9.93. The van der Waals surface area contributed by atoms with Gasteiger partial charge in [-0.2, -0.15) is 0 Å². The van der Waals surface area contributed by atoms with E-state index in [9.17, 15) is 4.79 Å². The highest BCUT2D eigenvalue weighted by molar-refractivity contribution is 6.10. The first-order chi connectivity index (χ1) is 7.24. The van der Waals surface area contributed by atoms with Gasteiger partial charge in [0.2, 0.25) is 0 Å². The number of hydrogen-bond donors (Lipinski definition) is 2. The summed E-state index contributed by atoms with van der Waals surface area (Å²) in [6.07, 6.45) is 1.78. The molecule has 0 saturated carbocycles. The van der Waals surface area contributed by atoms with Crippen molar-refractivity contribution in [2.75, 3.05) is 7.05 Å². The number of nitrogens with one attached hydrogen (secondary N) is 2. The highest BCUT2D eigenvalue weighted by Crippen LogP contribution is 2.18. The number of benzene rings is 1. The SMILES string of the molecule is CNC(C)C(=O)c1c[nH]c2ccccc12. The number of fused-ring (bicyclic) bond motifs is 1. The predicted octanol–water partition coefficient (Wildman–Crippen LogP) is 1.96. The van der Waals surface area contributed by atoms with Crippen LogP contribution in [-0.2, 0) is 0 Å². The minimum Gasteiger partial charge on any atom is -0.360 e. The molecule has 3 heteroatoms. The second kappa shape index (κ2) is 3.87. The van der Waals surface area contributed by atoms with Gasteiger partial charge in [0.15, 0.2) is 5.78 Å². The maximum Gasteiger partial charge on any atom is 0.181 e. The molecule has 1 aromatic carbocycles. The molecule has 78 valence electrons. The fourth-order valence-electron chi connectivity index (χ4n) is 1.64. The van der Waals surface area contributed by atoms with Gasteiger partial charge in [-0.05, 0) is 20.0 Å². The van der Waals surface area contributed by atoms with E-state index in [1.54, 1.807) is 13.2 Å². The third kappa shape index (κ3) is 1.66. The molecule has 0 fully saturated rings. The first-order valence-corrected chi connectivity index (χ1v) is 5.01. The molecule has 1 heterocycles. The molecule has 1 atom stereocenters. The summed E-state index contributed by atoms with van der Waals surface area (Å²) in [5.41, 5.74) is 1.76. The molecule has 0 radical (unpaired) electrons. The van der Waals surface area contributed by atoms with Crippen molar-refractivity contribution >= 4 is 16.7 Å². The van der Waals surface area contributed by atoms with Crippen LogP contribution in [0.3, 0.4) is 0 Å². The monoisotopic (exact) mass is 202 g/mol. The summed E-state index contributed by atoms with van der Waals surface area (Å²) in [5.74, 6) is 0.120. The van der Waals surface area contributed by atoms with E-state index in [2.05, 4.69) is 10.3 Å². The van der Waals surface area contributed by atoms with Gasteiger partial charge in [0.25, 0.3) is 0 Å².